The van der Waals surface area contributed by atoms with Crippen LogP contribution < -0.4 is 20.3 Å². The van der Waals surface area contributed by atoms with Crippen molar-refractivity contribution in [2.24, 2.45) is 0 Å². The molecule has 10 heteroatoms. The maximum Gasteiger partial charge on any atom is 0.293 e. The second-order valence-corrected chi connectivity index (χ2v) is 8.91. The predicted molar refractivity (Wildman–Crippen MR) is 134 cm³/mol. The third kappa shape index (κ3) is 5.60. The summed E-state index contributed by atoms with van der Waals surface area (Å²) in [6, 6.07) is 11.2. The van der Waals surface area contributed by atoms with Crippen molar-refractivity contribution in [1.82, 2.24) is 15.3 Å². The average molecular weight is 479 g/mol. The molecule has 1 aliphatic heterocycles. The highest BCUT2D eigenvalue weighted by Gasteiger charge is 2.23. The van der Waals surface area contributed by atoms with Crippen LogP contribution in [0.15, 0.2) is 42.7 Å². The normalized spacial score (nSPS) is 16.5. The molecular formula is C25H30N6O4. The van der Waals surface area contributed by atoms with Crippen LogP contribution in [-0.4, -0.2) is 54.0 Å². The third-order valence-electron chi connectivity index (χ3n) is 6.60. The predicted octanol–water partition coefficient (Wildman–Crippen LogP) is 3.86. The molecular weight excluding hydrogens is 448 g/mol. The number of hydrogen-bond acceptors (Lipinski definition) is 9. The molecule has 1 aliphatic carbocycles. The van der Waals surface area contributed by atoms with Crippen LogP contribution in [0, 0.1) is 10.1 Å². The van der Waals surface area contributed by atoms with Gasteiger partial charge in [-0.05, 0) is 36.6 Å². The van der Waals surface area contributed by atoms with Gasteiger partial charge in [0.25, 0.3) is 5.69 Å². The van der Waals surface area contributed by atoms with Gasteiger partial charge in [-0.3, -0.25) is 10.1 Å². The highest BCUT2D eigenvalue weighted by Crippen LogP contribution is 2.34. The number of rotatable bonds is 9. The average Bonchev–Trinajstić information content (AvgIpc) is 3.41. The summed E-state index contributed by atoms with van der Waals surface area (Å²) in [6.07, 6.45) is 6.51. The van der Waals surface area contributed by atoms with E-state index in [1.807, 2.05) is 29.2 Å². The Bertz CT molecular complexity index is 1160. The van der Waals surface area contributed by atoms with Crippen molar-refractivity contribution in [2.75, 3.05) is 43.2 Å². The molecule has 2 aromatic carbocycles. The number of nitro groups is 1. The van der Waals surface area contributed by atoms with Crippen LogP contribution >= 0.6 is 0 Å². The summed E-state index contributed by atoms with van der Waals surface area (Å²) in [5.41, 5.74) is 2.38. The second-order valence-electron chi connectivity index (χ2n) is 8.91. The molecule has 0 bridgehead atoms. The number of ether oxygens (including phenoxy) is 2. The highest BCUT2D eigenvalue weighted by molar-refractivity contribution is 5.94. The van der Waals surface area contributed by atoms with E-state index in [0.717, 1.165) is 50.3 Å². The number of nitrogens with one attached hydrogen (secondary N) is 2. The van der Waals surface area contributed by atoms with Gasteiger partial charge in [-0.2, -0.15) is 0 Å². The lowest BCUT2D eigenvalue weighted by atomic mass is 10.1. The SMILES string of the molecule is O=[N+]([O-])c1cc2c(NCc3ccc(OCOC4CCCC4)cc3)ncnc2cc1N1CCNCC1. The number of aromatic nitrogens is 2. The van der Waals surface area contributed by atoms with Gasteiger partial charge in [-0.15, -0.1) is 0 Å². The van der Waals surface area contributed by atoms with Crippen molar-refractivity contribution in [1.29, 1.82) is 0 Å². The lowest BCUT2D eigenvalue weighted by Crippen LogP contribution is -2.43. The van der Waals surface area contributed by atoms with Crippen LogP contribution in [0.25, 0.3) is 10.9 Å². The Kier molecular flexibility index (Phi) is 7.20. The fraction of sp³-hybridized carbons (Fsp3) is 0.440. The summed E-state index contributed by atoms with van der Waals surface area (Å²) < 4.78 is 11.5. The maximum atomic E-state index is 11.9. The van der Waals surface area contributed by atoms with Crippen molar-refractivity contribution >= 4 is 28.1 Å². The van der Waals surface area contributed by atoms with E-state index in [1.165, 1.54) is 19.2 Å². The van der Waals surface area contributed by atoms with Crippen molar-refractivity contribution in [3.05, 3.63) is 58.4 Å². The molecule has 2 aliphatic rings. The third-order valence-corrected chi connectivity index (χ3v) is 6.60. The van der Waals surface area contributed by atoms with E-state index in [1.54, 1.807) is 12.1 Å². The first-order valence-corrected chi connectivity index (χ1v) is 12.1. The molecule has 10 nitrogen and oxygen atoms in total. The van der Waals surface area contributed by atoms with Crippen molar-refractivity contribution in [3.63, 3.8) is 0 Å². The van der Waals surface area contributed by atoms with Gasteiger partial charge in [0.1, 0.15) is 23.6 Å². The van der Waals surface area contributed by atoms with Crippen LogP contribution in [0.3, 0.4) is 0 Å². The van der Waals surface area contributed by atoms with Gasteiger partial charge in [0.15, 0.2) is 6.79 Å². The van der Waals surface area contributed by atoms with E-state index < -0.39 is 0 Å². The minimum Gasteiger partial charge on any atom is -0.468 e. The van der Waals surface area contributed by atoms with Crippen LogP contribution in [0.1, 0.15) is 31.2 Å². The van der Waals surface area contributed by atoms with Crippen LogP contribution in [-0.2, 0) is 11.3 Å². The topological polar surface area (TPSA) is 115 Å². The van der Waals surface area contributed by atoms with Crippen molar-refractivity contribution < 1.29 is 14.4 Å². The largest absolute Gasteiger partial charge is 0.468 e. The zero-order chi connectivity index (χ0) is 24.0. The maximum absolute atomic E-state index is 11.9. The minimum absolute atomic E-state index is 0.0681. The Morgan fingerprint density at radius 2 is 1.89 bits per heavy atom. The first-order chi connectivity index (χ1) is 17.2. The lowest BCUT2D eigenvalue weighted by Gasteiger charge is -2.29. The fourth-order valence-corrected chi connectivity index (χ4v) is 4.67. The van der Waals surface area contributed by atoms with Gasteiger partial charge >= 0.3 is 0 Å². The van der Waals surface area contributed by atoms with Crippen LogP contribution in [0.5, 0.6) is 5.75 Å². The molecule has 2 heterocycles. The quantitative estimate of drug-likeness (QED) is 0.269. The van der Waals surface area contributed by atoms with E-state index >= 15 is 0 Å². The molecule has 35 heavy (non-hydrogen) atoms. The van der Waals surface area contributed by atoms with E-state index in [9.17, 15) is 10.1 Å². The molecule has 0 spiro atoms. The van der Waals surface area contributed by atoms with Gasteiger partial charge in [-0.1, -0.05) is 25.0 Å². The summed E-state index contributed by atoms with van der Waals surface area (Å²) in [7, 11) is 0. The van der Waals surface area contributed by atoms with Gasteiger partial charge in [0.2, 0.25) is 0 Å². The Morgan fingerprint density at radius 3 is 2.63 bits per heavy atom. The lowest BCUT2D eigenvalue weighted by molar-refractivity contribution is -0.384. The molecule has 1 saturated heterocycles. The molecule has 0 radical (unpaired) electrons. The molecule has 0 atom stereocenters. The first-order valence-electron chi connectivity index (χ1n) is 12.1. The summed E-state index contributed by atoms with van der Waals surface area (Å²) in [5.74, 6) is 1.32. The Labute approximate surface area is 203 Å². The number of anilines is 2. The van der Waals surface area contributed by atoms with Crippen LogP contribution in [0.4, 0.5) is 17.2 Å². The summed E-state index contributed by atoms with van der Waals surface area (Å²) in [6.45, 7) is 3.80. The molecule has 5 rings (SSSR count). The van der Waals surface area contributed by atoms with Gasteiger partial charge < -0.3 is 25.0 Å². The van der Waals surface area contributed by atoms with E-state index in [-0.39, 0.29) is 17.4 Å². The number of piperazine rings is 1. The number of fused-ring (bicyclic) bond motifs is 1. The first kappa shape index (κ1) is 23.3. The summed E-state index contributed by atoms with van der Waals surface area (Å²) in [5, 5.41) is 19.1. The minimum atomic E-state index is -0.331. The van der Waals surface area contributed by atoms with Gasteiger partial charge in [0.05, 0.1) is 16.5 Å². The van der Waals surface area contributed by atoms with Gasteiger partial charge in [0, 0.05) is 44.2 Å². The summed E-state index contributed by atoms with van der Waals surface area (Å²) in [4.78, 5) is 22.3. The number of benzene rings is 2. The number of nitrogens with zero attached hydrogens (tertiary/aromatic N) is 4. The number of hydrogen-bond donors (Lipinski definition) is 2. The Hall–Kier alpha value is -3.50. The molecule has 2 fully saturated rings. The number of nitro benzene ring substituents is 1. The Morgan fingerprint density at radius 1 is 1.11 bits per heavy atom. The van der Waals surface area contributed by atoms with Crippen molar-refractivity contribution in [3.8, 4) is 5.75 Å². The molecule has 3 aromatic rings. The van der Waals surface area contributed by atoms with E-state index in [4.69, 9.17) is 9.47 Å². The van der Waals surface area contributed by atoms with Crippen LogP contribution in [0.2, 0.25) is 0 Å². The smallest absolute Gasteiger partial charge is 0.293 e. The van der Waals surface area contributed by atoms with E-state index in [0.29, 0.717) is 35.1 Å². The van der Waals surface area contributed by atoms with E-state index in [2.05, 4.69) is 20.6 Å². The van der Waals surface area contributed by atoms with Gasteiger partial charge in [-0.25, -0.2) is 9.97 Å². The fourth-order valence-electron chi connectivity index (χ4n) is 4.67. The zero-order valence-electron chi connectivity index (χ0n) is 19.6. The molecule has 0 amide bonds. The summed E-state index contributed by atoms with van der Waals surface area (Å²) >= 11 is 0. The Balaban J connectivity index is 1.26. The van der Waals surface area contributed by atoms with Crippen molar-refractivity contribution in [2.45, 2.75) is 38.3 Å². The monoisotopic (exact) mass is 478 g/mol. The molecule has 2 N–H and O–H groups in total. The molecule has 1 saturated carbocycles. The standard InChI is InChI=1S/C25H30N6O4/c32-31(33)24-13-21-22(14-23(24)30-11-9-26-10-12-30)28-16-29-25(21)27-15-18-5-7-20(8-6-18)35-17-34-19-3-1-2-4-19/h5-8,13-14,16,19,26H,1-4,9-12,15,17H2,(H,27,28,29). The molecule has 1 aromatic heterocycles. The highest BCUT2D eigenvalue weighted by atomic mass is 16.7. The second kappa shape index (κ2) is 10.8. The molecule has 0 unspecified atom stereocenters. The molecule has 184 valence electrons. The zero-order valence-corrected chi connectivity index (χ0v) is 19.6.